The molecule has 0 spiro atoms. The molecule has 1 amide bonds. The summed E-state index contributed by atoms with van der Waals surface area (Å²) in [6, 6.07) is -0.00663. The van der Waals surface area contributed by atoms with Gasteiger partial charge in [0.05, 0.1) is 0 Å². The molecular weight excluding hydrogens is 202 g/mol. The molecule has 1 unspecified atom stereocenters. The van der Waals surface area contributed by atoms with Crippen LogP contribution < -0.4 is 0 Å². The Kier molecular flexibility index (Phi) is 3.65. The molecule has 0 saturated carbocycles. The molecular formula is C9H13NO5. The first-order valence-electron chi connectivity index (χ1n) is 4.78. The molecule has 0 aromatic heterocycles. The van der Waals surface area contributed by atoms with E-state index in [2.05, 4.69) is 4.74 Å². The Bertz CT molecular complexity index is 288. The third-order valence-electron chi connectivity index (χ3n) is 2.39. The molecule has 1 aliphatic heterocycles. The van der Waals surface area contributed by atoms with Crippen LogP contribution in [0.2, 0.25) is 0 Å². The van der Waals surface area contributed by atoms with E-state index in [0.717, 1.165) is 19.3 Å². The Labute approximate surface area is 86.8 Å². The maximum Gasteiger partial charge on any atom is 0.426 e. The van der Waals surface area contributed by atoms with Gasteiger partial charge in [0.2, 0.25) is 0 Å². The number of amides is 1. The smallest absolute Gasteiger partial charge is 0.426 e. The summed E-state index contributed by atoms with van der Waals surface area (Å²) >= 11 is 0. The maximum atomic E-state index is 11.3. The van der Waals surface area contributed by atoms with Gasteiger partial charge in [-0.05, 0) is 26.2 Å². The van der Waals surface area contributed by atoms with Crippen molar-refractivity contribution in [2.45, 2.75) is 32.2 Å². The molecule has 0 aromatic carbocycles. The van der Waals surface area contributed by atoms with E-state index in [9.17, 15) is 14.4 Å². The van der Waals surface area contributed by atoms with Gasteiger partial charge < -0.3 is 14.7 Å². The third kappa shape index (κ3) is 2.93. The van der Waals surface area contributed by atoms with Crippen LogP contribution in [0.3, 0.4) is 0 Å². The number of piperidine rings is 1. The number of nitrogens with zero attached hydrogens (tertiary/aromatic N) is 1. The fraction of sp³-hybridized carbons (Fsp3) is 0.667. The second-order valence-corrected chi connectivity index (χ2v) is 3.50. The van der Waals surface area contributed by atoms with Crippen LogP contribution in [0, 0.1) is 0 Å². The monoisotopic (exact) mass is 215 g/mol. The van der Waals surface area contributed by atoms with E-state index in [0.29, 0.717) is 6.54 Å². The Morgan fingerprint density at radius 3 is 2.53 bits per heavy atom. The van der Waals surface area contributed by atoms with Gasteiger partial charge in [0, 0.05) is 12.6 Å². The number of hydrogen-bond donors (Lipinski definition) is 1. The Morgan fingerprint density at radius 1 is 1.33 bits per heavy atom. The number of carbonyl (C=O) groups excluding carboxylic acids is 2. The molecule has 1 atom stereocenters. The van der Waals surface area contributed by atoms with E-state index < -0.39 is 18.0 Å². The van der Waals surface area contributed by atoms with Crippen LogP contribution in [-0.2, 0) is 14.3 Å². The molecule has 0 aliphatic carbocycles. The van der Waals surface area contributed by atoms with Gasteiger partial charge in [0.15, 0.2) is 0 Å². The van der Waals surface area contributed by atoms with Gasteiger partial charge in [0.1, 0.15) is 0 Å². The van der Waals surface area contributed by atoms with Crippen molar-refractivity contribution in [1.82, 2.24) is 4.90 Å². The first kappa shape index (κ1) is 11.5. The Morgan fingerprint density at radius 2 is 2.00 bits per heavy atom. The molecule has 1 fully saturated rings. The summed E-state index contributed by atoms with van der Waals surface area (Å²) in [5, 5.41) is 8.25. The van der Waals surface area contributed by atoms with Crippen molar-refractivity contribution in [3.05, 3.63) is 0 Å². The minimum Gasteiger partial charge on any atom is -0.473 e. The molecule has 0 aromatic rings. The highest BCUT2D eigenvalue weighted by atomic mass is 16.6. The van der Waals surface area contributed by atoms with Crippen molar-refractivity contribution in [2.24, 2.45) is 0 Å². The summed E-state index contributed by atoms with van der Waals surface area (Å²) < 4.78 is 4.17. The topological polar surface area (TPSA) is 83.9 Å². The maximum absolute atomic E-state index is 11.3. The van der Waals surface area contributed by atoms with Crippen LogP contribution in [0.4, 0.5) is 4.79 Å². The molecule has 6 heteroatoms. The van der Waals surface area contributed by atoms with Gasteiger partial charge in [0.25, 0.3) is 0 Å². The first-order chi connectivity index (χ1) is 7.02. The molecule has 0 bridgehead atoms. The average molecular weight is 215 g/mol. The second-order valence-electron chi connectivity index (χ2n) is 3.50. The number of hydrogen-bond acceptors (Lipinski definition) is 4. The zero-order valence-electron chi connectivity index (χ0n) is 8.43. The van der Waals surface area contributed by atoms with Crippen LogP contribution in [0.25, 0.3) is 0 Å². The lowest BCUT2D eigenvalue weighted by molar-refractivity contribution is -0.160. The summed E-state index contributed by atoms with van der Waals surface area (Å²) in [6.45, 7) is 2.35. The second kappa shape index (κ2) is 4.77. The molecule has 6 nitrogen and oxygen atoms in total. The first-order valence-corrected chi connectivity index (χ1v) is 4.78. The molecule has 15 heavy (non-hydrogen) atoms. The quantitative estimate of drug-likeness (QED) is 0.363. The van der Waals surface area contributed by atoms with E-state index in [4.69, 9.17) is 5.11 Å². The molecule has 1 heterocycles. The van der Waals surface area contributed by atoms with Gasteiger partial charge in [-0.2, -0.15) is 0 Å². The highest BCUT2D eigenvalue weighted by Crippen LogP contribution is 2.17. The molecule has 0 radical (unpaired) electrons. The van der Waals surface area contributed by atoms with Gasteiger partial charge in [-0.3, -0.25) is 0 Å². The zero-order chi connectivity index (χ0) is 11.4. The lowest BCUT2D eigenvalue weighted by atomic mass is 10.0. The summed E-state index contributed by atoms with van der Waals surface area (Å²) in [6.07, 6.45) is 1.85. The summed E-state index contributed by atoms with van der Waals surface area (Å²) in [7, 11) is 0. The molecule has 84 valence electrons. The van der Waals surface area contributed by atoms with Crippen molar-refractivity contribution in [3.8, 4) is 0 Å². The number of aliphatic carboxylic acids is 1. The largest absolute Gasteiger partial charge is 0.473 e. The molecule has 1 aliphatic rings. The van der Waals surface area contributed by atoms with Crippen LogP contribution in [-0.4, -0.2) is 40.6 Å². The van der Waals surface area contributed by atoms with Gasteiger partial charge in [-0.25, -0.2) is 14.4 Å². The number of esters is 1. The van der Waals surface area contributed by atoms with E-state index >= 15 is 0 Å². The van der Waals surface area contributed by atoms with E-state index in [-0.39, 0.29) is 6.04 Å². The number of carbonyl (C=O) groups is 3. The van der Waals surface area contributed by atoms with Crippen molar-refractivity contribution < 1.29 is 24.2 Å². The van der Waals surface area contributed by atoms with Gasteiger partial charge >= 0.3 is 18.0 Å². The highest BCUT2D eigenvalue weighted by Gasteiger charge is 2.28. The van der Waals surface area contributed by atoms with Crippen molar-refractivity contribution >= 4 is 18.0 Å². The van der Waals surface area contributed by atoms with Crippen LogP contribution >= 0.6 is 0 Å². The molecule has 1 N–H and O–H groups in total. The predicted molar refractivity (Wildman–Crippen MR) is 49.1 cm³/mol. The highest BCUT2D eigenvalue weighted by molar-refractivity contribution is 6.30. The summed E-state index contributed by atoms with van der Waals surface area (Å²) in [5.41, 5.74) is 0. The van der Waals surface area contributed by atoms with Crippen LogP contribution in [0.15, 0.2) is 0 Å². The van der Waals surface area contributed by atoms with E-state index in [1.54, 1.807) is 0 Å². The predicted octanol–water partition coefficient (Wildman–Crippen LogP) is 0.609. The zero-order valence-corrected chi connectivity index (χ0v) is 8.43. The number of rotatable bonds is 0. The lowest BCUT2D eigenvalue weighted by Crippen LogP contribution is -2.43. The van der Waals surface area contributed by atoms with E-state index in [1.807, 2.05) is 6.92 Å². The van der Waals surface area contributed by atoms with Gasteiger partial charge in [-0.15, -0.1) is 0 Å². The summed E-state index contributed by atoms with van der Waals surface area (Å²) in [5.74, 6) is -3.29. The van der Waals surface area contributed by atoms with Crippen LogP contribution in [0.1, 0.15) is 26.2 Å². The summed E-state index contributed by atoms with van der Waals surface area (Å²) in [4.78, 5) is 33.5. The minimum absolute atomic E-state index is 0.00663. The van der Waals surface area contributed by atoms with Crippen molar-refractivity contribution in [2.75, 3.05) is 6.54 Å². The number of carboxylic acids is 1. The normalized spacial score (nSPS) is 20.9. The third-order valence-corrected chi connectivity index (χ3v) is 2.39. The van der Waals surface area contributed by atoms with Gasteiger partial charge in [-0.1, -0.05) is 0 Å². The van der Waals surface area contributed by atoms with E-state index in [1.165, 1.54) is 4.90 Å². The minimum atomic E-state index is -1.76. The Balaban J connectivity index is 2.52. The number of likely N-dealkylation sites (tertiary alicyclic amines) is 1. The van der Waals surface area contributed by atoms with Crippen molar-refractivity contribution in [3.63, 3.8) is 0 Å². The number of ether oxygens (including phenoxy) is 1. The Hall–Kier alpha value is -1.59. The SMILES string of the molecule is CC1CCCCN1C(=O)OC(=O)C(=O)O. The molecule has 1 rings (SSSR count). The fourth-order valence-electron chi connectivity index (χ4n) is 1.55. The van der Waals surface area contributed by atoms with Crippen molar-refractivity contribution in [1.29, 1.82) is 0 Å². The standard InChI is InChI=1S/C9H13NO5/c1-6-4-2-3-5-10(6)9(14)15-8(13)7(11)12/h6H,2-5H2,1H3,(H,11,12). The lowest BCUT2D eigenvalue weighted by Gasteiger charge is -2.31. The van der Waals surface area contributed by atoms with Crippen LogP contribution in [0.5, 0.6) is 0 Å². The molecule has 1 saturated heterocycles. The average Bonchev–Trinajstić information content (AvgIpc) is 2.18. The number of carboxylic acid groups (broad SMARTS) is 1. The fourth-order valence-corrected chi connectivity index (χ4v) is 1.55.